The first-order valence-corrected chi connectivity index (χ1v) is 15.0. The van der Waals surface area contributed by atoms with Crippen molar-refractivity contribution in [1.82, 2.24) is 0 Å². The van der Waals surface area contributed by atoms with Crippen LogP contribution in [0.3, 0.4) is 0 Å². The first kappa shape index (κ1) is 25.8. The van der Waals surface area contributed by atoms with Crippen LogP contribution in [0.1, 0.15) is 62.5 Å². The number of ether oxygens (including phenoxy) is 2. The number of carbonyl (C=O) groups is 2. The molecule has 0 N–H and O–H groups in total. The summed E-state index contributed by atoms with van der Waals surface area (Å²) in [4.78, 5) is 25.2. The molecule has 0 saturated heterocycles. The third-order valence-electron chi connectivity index (χ3n) is 9.09. The molecule has 2 fully saturated rings. The van der Waals surface area contributed by atoms with Gasteiger partial charge in [-0.25, -0.2) is 0 Å². The molecule has 0 radical (unpaired) electrons. The molecule has 0 aromatic heterocycles. The van der Waals surface area contributed by atoms with Crippen molar-refractivity contribution in [2.45, 2.75) is 51.4 Å². The highest BCUT2D eigenvalue weighted by Gasteiger charge is 2.23. The summed E-state index contributed by atoms with van der Waals surface area (Å²) in [6.45, 7) is 0.144. The zero-order chi connectivity index (χ0) is 27.8. The number of hydrogen-bond donors (Lipinski definition) is 0. The predicted octanol–water partition coefficient (Wildman–Crippen LogP) is 8.93. The molecule has 4 aromatic rings. The van der Waals surface area contributed by atoms with E-state index in [0.717, 1.165) is 107 Å². The number of allylic oxidation sites excluding steroid dienone is 2. The number of benzene rings is 4. The third-order valence-corrected chi connectivity index (χ3v) is 9.09. The maximum Gasteiger partial charge on any atom is 0.230 e. The molecule has 2 saturated carbocycles. The van der Waals surface area contributed by atoms with Crippen LogP contribution < -0.4 is 9.47 Å². The van der Waals surface area contributed by atoms with Gasteiger partial charge in [0.2, 0.25) is 6.79 Å². The SMILES string of the molecule is O=C(/C=C\c1ccc2c3c(ccc2c1)OCOc1ccc2cc(/C=C\C(=O)C4CCCC4)ccc2c1-3)C1CCCC1. The van der Waals surface area contributed by atoms with Crippen molar-refractivity contribution >= 4 is 45.3 Å². The molecule has 3 aliphatic rings. The number of fused-ring (bicyclic) bond motifs is 7. The van der Waals surface area contributed by atoms with Gasteiger partial charge >= 0.3 is 0 Å². The Morgan fingerprint density at radius 3 is 1.46 bits per heavy atom. The van der Waals surface area contributed by atoms with Gasteiger partial charge in [-0.05, 0) is 94.8 Å². The fourth-order valence-corrected chi connectivity index (χ4v) is 6.83. The van der Waals surface area contributed by atoms with Crippen molar-refractivity contribution in [3.63, 3.8) is 0 Å². The fourth-order valence-electron chi connectivity index (χ4n) is 6.83. The number of hydrogen-bond acceptors (Lipinski definition) is 4. The van der Waals surface area contributed by atoms with Gasteiger partial charge < -0.3 is 9.47 Å². The fraction of sp³-hybridized carbons (Fsp3) is 0.297. The molecule has 0 unspecified atom stereocenters. The molecular weight excluding hydrogens is 508 g/mol. The van der Waals surface area contributed by atoms with Gasteiger partial charge in [0.15, 0.2) is 11.6 Å². The second kappa shape index (κ2) is 11.0. The van der Waals surface area contributed by atoms with E-state index in [0.29, 0.717) is 0 Å². The predicted molar refractivity (Wildman–Crippen MR) is 165 cm³/mol. The summed E-state index contributed by atoms with van der Waals surface area (Å²) in [5.74, 6) is 2.44. The van der Waals surface area contributed by atoms with Gasteiger partial charge in [-0.15, -0.1) is 0 Å². The zero-order valence-corrected chi connectivity index (χ0v) is 23.2. The van der Waals surface area contributed by atoms with Gasteiger partial charge in [0.05, 0.1) is 0 Å². The summed E-state index contributed by atoms with van der Waals surface area (Å²) >= 11 is 0. The lowest BCUT2D eigenvalue weighted by atomic mass is 9.91. The molecule has 4 heteroatoms. The maximum atomic E-state index is 12.6. The highest BCUT2D eigenvalue weighted by molar-refractivity contribution is 6.10. The lowest BCUT2D eigenvalue weighted by molar-refractivity contribution is -0.118. The second-order valence-corrected chi connectivity index (χ2v) is 11.7. The summed E-state index contributed by atoms with van der Waals surface area (Å²) in [5.41, 5.74) is 4.04. The lowest BCUT2D eigenvalue weighted by Crippen LogP contribution is -2.06. The van der Waals surface area contributed by atoms with Crippen molar-refractivity contribution < 1.29 is 19.1 Å². The van der Waals surface area contributed by atoms with Crippen LogP contribution in [0.15, 0.2) is 72.8 Å². The highest BCUT2D eigenvalue weighted by atomic mass is 16.7. The van der Waals surface area contributed by atoms with E-state index >= 15 is 0 Å². The Bertz CT molecular complexity index is 1590. The summed E-state index contributed by atoms with van der Waals surface area (Å²) in [5, 5.41) is 4.31. The Kier molecular flexibility index (Phi) is 6.92. The molecule has 4 nitrogen and oxygen atoms in total. The molecular formula is C37H34O4. The van der Waals surface area contributed by atoms with E-state index in [9.17, 15) is 9.59 Å². The summed E-state index contributed by atoms with van der Waals surface area (Å²) < 4.78 is 12.1. The van der Waals surface area contributed by atoms with Gasteiger partial charge in [0, 0.05) is 23.0 Å². The van der Waals surface area contributed by atoms with Crippen LogP contribution in [-0.2, 0) is 9.59 Å². The molecule has 1 heterocycles. The molecule has 41 heavy (non-hydrogen) atoms. The van der Waals surface area contributed by atoms with Crippen molar-refractivity contribution in [1.29, 1.82) is 0 Å². The minimum Gasteiger partial charge on any atom is -0.457 e. The van der Waals surface area contributed by atoms with Gasteiger partial charge in [-0.2, -0.15) is 0 Å². The molecule has 2 aliphatic carbocycles. The van der Waals surface area contributed by atoms with Gasteiger partial charge in [-0.3, -0.25) is 9.59 Å². The molecule has 0 spiro atoms. The number of rotatable bonds is 6. The van der Waals surface area contributed by atoms with Crippen LogP contribution in [0.2, 0.25) is 0 Å². The number of carbonyl (C=O) groups excluding carboxylic acids is 2. The van der Waals surface area contributed by atoms with Crippen molar-refractivity contribution in [2.75, 3.05) is 6.79 Å². The molecule has 0 amide bonds. The summed E-state index contributed by atoms with van der Waals surface area (Å²) in [6, 6.07) is 20.8. The lowest BCUT2D eigenvalue weighted by Gasteiger charge is -2.14. The van der Waals surface area contributed by atoms with E-state index in [1.165, 1.54) is 0 Å². The zero-order valence-electron chi connectivity index (χ0n) is 23.2. The average Bonchev–Trinajstić information content (AvgIpc) is 3.71. The van der Waals surface area contributed by atoms with Crippen LogP contribution >= 0.6 is 0 Å². The Hall–Kier alpha value is -4.18. The van der Waals surface area contributed by atoms with E-state index in [-0.39, 0.29) is 30.2 Å². The standard InChI is InChI=1S/C37H34O4/c38-32(26-5-1-2-6-26)17-11-24-9-15-30-28(21-24)13-19-34-36(30)37-31-16-10-25(12-18-33(39)27-7-3-4-8-27)22-29(31)14-20-35(37)41-23-40-34/h9-22,26-27H,1-8,23H2/b17-11-,18-12-. The van der Waals surface area contributed by atoms with E-state index in [4.69, 9.17) is 9.47 Å². The van der Waals surface area contributed by atoms with Gasteiger partial charge in [0.25, 0.3) is 0 Å². The smallest absolute Gasteiger partial charge is 0.230 e. The molecule has 1 aliphatic heterocycles. The molecule has 0 atom stereocenters. The van der Waals surface area contributed by atoms with Crippen LogP contribution in [0, 0.1) is 11.8 Å². The van der Waals surface area contributed by atoms with E-state index in [2.05, 4.69) is 48.5 Å². The first-order chi connectivity index (χ1) is 20.1. The normalized spacial score (nSPS) is 17.6. The van der Waals surface area contributed by atoms with Crippen LogP contribution in [0.4, 0.5) is 0 Å². The first-order valence-electron chi connectivity index (χ1n) is 15.0. The van der Waals surface area contributed by atoms with Crippen LogP contribution in [0.5, 0.6) is 11.5 Å². The molecule has 0 bridgehead atoms. The van der Waals surface area contributed by atoms with Gasteiger partial charge in [-0.1, -0.05) is 74.2 Å². The number of ketones is 2. The second-order valence-electron chi connectivity index (χ2n) is 11.7. The average molecular weight is 543 g/mol. The summed E-state index contributed by atoms with van der Waals surface area (Å²) in [6.07, 6.45) is 16.1. The summed E-state index contributed by atoms with van der Waals surface area (Å²) in [7, 11) is 0. The Morgan fingerprint density at radius 2 is 1.02 bits per heavy atom. The van der Waals surface area contributed by atoms with Gasteiger partial charge in [0.1, 0.15) is 11.5 Å². The van der Waals surface area contributed by atoms with Crippen LogP contribution in [0.25, 0.3) is 44.8 Å². The molecule has 7 rings (SSSR count). The largest absolute Gasteiger partial charge is 0.457 e. The topological polar surface area (TPSA) is 52.6 Å². The monoisotopic (exact) mass is 542 g/mol. The Morgan fingerprint density at radius 1 is 0.585 bits per heavy atom. The Labute approximate surface area is 240 Å². The van der Waals surface area contributed by atoms with Crippen LogP contribution in [-0.4, -0.2) is 18.4 Å². The quantitative estimate of drug-likeness (QED) is 0.228. The highest BCUT2D eigenvalue weighted by Crippen LogP contribution is 2.47. The maximum absolute atomic E-state index is 12.6. The van der Waals surface area contributed by atoms with E-state index < -0.39 is 0 Å². The third kappa shape index (κ3) is 5.08. The van der Waals surface area contributed by atoms with E-state index in [1.54, 1.807) is 12.2 Å². The van der Waals surface area contributed by atoms with E-state index in [1.807, 2.05) is 24.3 Å². The minimum atomic E-state index is 0.144. The van der Waals surface area contributed by atoms with Crippen molar-refractivity contribution in [3.8, 4) is 22.6 Å². The minimum absolute atomic E-state index is 0.144. The molecule has 4 aromatic carbocycles. The Balaban J connectivity index is 1.26. The van der Waals surface area contributed by atoms with Crippen molar-refractivity contribution in [3.05, 3.63) is 83.9 Å². The van der Waals surface area contributed by atoms with Crippen molar-refractivity contribution in [2.24, 2.45) is 11.8 Å². The molecule has 206 valence electrons.